The predicted octanol–water partition coefficient (Wildman–Crippen LogP) is 3.90. The lowest BCUT2D eigenvalue weighted by molar-refractivity contribution is 0.0921. The Labute approximate surface area is 162 Å². The van der Waals surface area contributed by atoms with E-state index in [1.54, 1.807) is 6.07 Å². The number of nitrogens with zero attached hydrogens (tertiary/aromatic N) is 2. The van der Waals surface area contributed by atoms with Crippen LogP contribution in [0.4, 0.5) is 0 Å². The normalized spacial score (nSPS) is 17.2. The fourth-order valence-corrected chi connectivity index (χ4v) is 3.46. The van der Waals surface area contributed by atoms with E-state index in [1.165, 1.54) is 18.4 Å². The van der Waals surface area contributed by atoms with Crippen LogP contribution in [0.25, 0.3) is 0 Å². The summed E-state index contributed by atoms with van der Waals surface area (Å²) in [5, 5.41) is 6.92. The topological polar surface area (TPSA) is 58.4 Å². The van der Waals surface area contributed by atoms with Crippen LogP contribution >= 0.6 is 0 Å². The Kier molecular flexibility index (Phi) is 6.67. The smallest absolute Gasteiger partial charge is 0.273 e. The number of piperidine rings is 1. The molecule has 0 bridgehead atoms. The van der Waals surface area contributed by atoms with Gasteiger partial charge < -0.3 is 9.84 Å². The van der Waals surface area contributed by atoms with Crippen LogP contribution < -0.4 is 5.32 Å². The van der Waals surface area contributed by atoms with Crippen molar-refractivity contribution >= 4 is 5.91 Å². The monoisotopic (exact) mass is 369 g/mol. The molecule has 1 N–H and O–H groups in total. The highest BCUT2D eigenvalue weighted by Gasteiger charge is 2.22. The maximum atomic E-state index is 12.2. The lowest BCUT2D eigenvalue weighted by Gasteiger charge is -2.31. The van der Waals surface area contributed by atoms with Gasteiger partial charge in [0, 0.05) is 12.1 Å². The summed E-state index contributed by atoms with van der Waals surface area (Å²) < 4.78 is 5.40. The van der Waals surface area contributed by atoms with E-state index in [0.29, 0.717) is 11.6 Å². The molecule has 1 unspecified atom stereocenters. The Hall–Kier alpha value is -2.14. The number of carbonyl (C=O) groups excluding carboxylic acids is 1. The van der Waals surface area contributed by atoms with Gasteiger partial charge in [0.05, 0.1) is 6.54 Å². The van der Waals surface area contributed by atoms with Gasteiger partial charge in [-0.3, -0.25) is 9.69 Å². The summed E-state index contributed by atoms with van der Waals surface area (Å²) in [4.78, 5) is 14.6. The maximum Gasteiger partial charge on any atom is 0.273 e. The van der Waals surface area contributed by atoms with E-state index in [9.17, 15) is 4.79 Å². The number of carbonyl (C=O) groups is 1. The Morgan fingerprint density at radius 2 is 1.93 bits per heavy atom. The van der Waals surface area contributed by atoms with Crippen LogP contribution in [0.2, 0.25) is 0 Å². The quantitative estimate of drug-likeness (QED) is 0.804. The Morgan fingerprint density at radius 1 is 1.22 bits per heavy atom. The summed E-state index contributed by atoms with van der Waals surface area (Å²) in [7, 11) is 0. The van der Waals surface area contributed by atoms with Crippen molar-refractivity contribution in [1.82, 2.24) is 15.4 Å². The number of rotatable bonds is 7. The number of aromatic nitrogens is 1. The van der Waals surface area contributed by atoms with Gasteiger partial charge in [0.1, 0.15) is 0 Å². The number of hydrogen-bond acceptors (Lipinski definition) is 4. The minimum absolute atomic E-state index is 0.112. The van der Waals surface area contributed by atoms with Crippen molar-refractivity contribution in [2.75, 3.05) is 13.1 Å². The van der Waals surface area contributed by atoms with Crippen LogP contribution in [0.5, 0.6) is 0 Å². The van der Waals surface area contributed by atoms with E-state index < -0.39 is 0 Å². The molecule has 0 saturated carbocycles. The van der Waals surface area contributed by atoms with E-state index in [0.717, 1.165) is 37.7 Å². The van der Waals surface area contributed by atoms with Gasteiger partial charge in [0.15, 0.2) is 11.5 Å². The third-order valence-corrected chi connectivity index (χ3v) is 5.60. The molecule has 27 heavy (non-hydrogen) atoms. The highest BCUT2D eigenvalue weighted by atomic mass is 16.5. The molecule has 1 aromatic carbocycles. The molecule has 1 aliphatic heterocycles. The zero-order valence-electron chi connectivity index (χ0n) is 16.6. The van der Waals surface area contributed by atoms with Crippen molar-refractivity contribution in [2.45, 2.75) is 52.6 Å². The first-order chi connectivity index (χ1) is 13.0. The summed E-state index contributed by atoms with van der Waals surface area (Å²) >= 11 is 0. The molecule has 5 nitrogen and oxygen atoms in total. The number of amides is 1. The van der Waals surface area contributed by atoms with Crippen LogP contribution in [-0.4, -0.2) is 35.1 Å². The van der Waals surface area contributed by atoms with Gasteiger partial charge in [0.25, 0.3) is 5.91 Å². The van der Waals surface area contributed by atoms with Crippen molar-refractivity contribution in [3.63, 3.8) is 0 Å². The lowest BCUT2D eigenvalue weighted by Crippen LogP contribution is -2.36. The first-order valence-electron chi connectivity index (χ1n) is 10.0. The first-order valence-corrected chi connectivity index (χ1v) is 10.0. The molecule has 3 rings (SSSR count). The maximum absolute atomic E-state index is 12.2. The Bertz CT molecular complexity index is 718. The first kappa shape index (κ1) is 19.6. The zero-order valence-corrected chi connectivity index (χ0v) is 16.6. The van der Waals surface area contributed by atoms with Gasteiger partial charge in [0.2, 0.25) is 0 Å². The molecule has 1 fully saturated rings. The molecule has 2 aromatic rings. The van der Waals surface area contributed by atoms with Crippen molar-refractivity contribution < 1.29 is 9.32 Å². The standard InChI is InChI=1S/C22H31N3O2/c1-16(2)17(3)23-22(26)21-14-20(27-24-21)15-25-11-9-19(10-12-25)13-18-7-5-4-6-8-18/h4-8,14,16-17,19H,9-13,15H2,1-3H3,(H,23,26). The average Bonchev–Trinajstić information content (AvgIpc) is 3.13. The number of benzene rings is 1. The molecule has 5 heteroatoms. The highest BCUT2D eigenvalue weighted by Crippen LogP contribution is 2.23. The second-order valence-electron chi connectivity index (χ2n) is 8.09. The predicted molar refractivity (Wildman–Crippen MR) is 106 cm³/mol. The minimum Gasteiger partial charge on any atom is -0.359 e. The van der Waals surface area contributed by atoms with Crippen LogP contribution in [0.15, 0.2) is 40.9 Å². The van der Waals surface area contributed by atoms with E-state index in [4.69, 9.17) is 4.52 Å². The van der Waals surface area contributed by atoms with Crippen LogP contribution in [0.3, 0.4) is 0 Å². The molecule has 0 radical (unpaired) electrons. The van der Waals surface area contributed by atoms with E-state index >= 15 is 0 Å². The SMILES string of the molecule is CC(C)C(C)NC(=O)c1cc(CN2CCC(Cc3ccccc3)CC2)on1. The van der Waals surface area contributed by atoms with Crippen LogP contribution in [0, 0.1) is 11.8 Å². The van der Waals surface area contributed by atoms with Gasteiger partial charge in [-0.1, -0.05) is 49.3 Å². The summed E-state index contributed by atoms with van der Waals surface area (Å²) in [5.74, 6) is 1.74. The van der Waals surface area contributed by atoms with Gasteiger partial charge >= 0.3 is 0 Å². The van der Waals surface area contributed by atoms with Crippen molar-refractivity contribution in [3.05, 3.63) is 53.4 Å². The molecule has 0 aliphatic carbocycles. The summed E-state index contributed by atoms with van der Waals surface area (Å²) in [5.41, 5.74) is 1.80. The van der Waals surface area contributed by atoms with Gasteiger partial charge in [-0.25, -0.2) is 0 Å². The van der Waals surface area contributed by atoms with Gasteiger partial charge in [-0.2, -0.15) is 0 Å². The summed E-state index contributed by atoms with van der Waals surface area (Å²) in [6.07, 6.45) is 3.56. The fourth-order valence-electron chi connectivity index (χ4n) is 3.46. The molecule has 0 spiro atoms. The third kappa shape index (κ3) is 5.67. The largest absolute Gasteiger partial charge is 0.359 e. The molecule has 1 aromatic heterocycles. The number of hydrogen-bond donors (Lipinski definition) is 1. The molecule has 1 amide bonds. The Morgan fingerprint density at radius 3 is 2.59 bits per heavy atom. The van der Waals surface area contributed by atoms with E-state index in [1.807, 2.05) is 6.92 Å². The number of likely N-dealkylation sites (tertiary alicyclic amines) is 1. The Balaban J connectivity index is 1.45. The van der Waals surface area contributed by atoms with Gasteiger partial charge in [-0.15, -0.1) is 0 Å². The van der Waals surface area contributed by atoms with Crippen molar-refractivity contribution in [2.24, 2.45) is 11.8 Å². The molecule has 1 saturated heterocycles. The molecule has 1 atom stereocenters. The van der Waals surface area contributed by atoms with Crippen LogP contribution in [0.1, 0.15) is 55.4 Å². The highest BCUT2D eigenvalue weighted by molar-refractivity contribution is 5.92. The van der Waals surface area contributed by atoms with Crippen molar-refractivity contribution in [3.8, 4) is 0 Å². The summed E-state index contributed by atoms with van der Waals surface area (Å²) in [6, 6.07) is 12.6. The molecule has 2 heterocycles. The van der Waals surface area contributed by atoms with Crippen molar-refractivity contribution in [1.29, 1.82) is 0 Å². The second kappa shape index (κ2) is 9.18. The molecular formula is C22H31N3O2. The van der Waals surface area contributed by atoms with E-state index in [-0.39, 0.29) is 11.9 Å². The summed E-state index contributed by atoms with van der Waals surface area (Å²) in [6.45, 7) is 9.01. The number of nitrogens with one attached hydrogen (secondary N) is 1. The van der Waals surface area contributed by atoms with Gasteiger partial charge in [-0.05, 0) is 56.7 Å². The molecule has 146 valence electrons. The minimum atomic E-state index is -0.159. The van der Waals surface area contributed by atoms with E-state index in [2.05, 4.69) is 59.6 Å². The zero-order chi connectivity index (χ0) is 19.2. The fraction of sp³-hybridized carbons (Fsp3) is 0.545. The lowest BCUT2D eigenvalue weighted by atomic mass is 9.90. The van der Waals surface area contributed by atoms with Crippen LogP contribution in [-0.2, 0) is 13.0 Å². The molecular weight excluding hydrogens is 338 g/mol. The second-order valence-corrected chi connectivity index (χ2v) is 8.09. The third-order valence-electron chi connectivity index (χ3n) is 5.60. The average molecular weight is 370 g/mol. The molecule has 1 aliphatic rings.